The first-order valence-corrected chi connectivity index (χ1v) is 9.75. The van der Waals surface area contributed by atoms with Crippen LogP contribution < -0.4 is 22.3 Å². The first-order valence-electron chi connectivity index (χ1n) is 9.75. The van der Waals surface area contributed by atoms with E-state index in [2.05, 4.69) is 49.5 Å². The molecule has 0 aliphatic heterocycles. The Morgan fingerprint density at radius 3 is 2.07 bits per heavy atom. The number of nitrogens with zero attached hydrogens (tertiary/aromatic N) is 1. The molecule has 2 aromatic carbocycles. The van der Waals surface area contributed by atoms with Gasteiger partial charge in [-0.05, 0) is 50.8 Å². The van der Waals surface area contributed by atoms with Crippen LogP contribution in [0.15, 0.2) is 48.5 Å². The number of benzene rings is 2. The lowest BCUT2D eigenvalue weighted by atomic mass is 10.1. The average molecular weight is 433 g/mol. The summed E-state index contributed by atoms with van der Waals surface area (Å²) in [6.45, 7) is 12.0. The van der Waals surface area contributed by atoms with Gasteiger partial charge in [0.25, 0.3) is 5.91 Å². The summed E-state index contributed by atoms with van der Waals surface area (Å²) in [5.41, 5.74) is 4.58. The molecule has 0 aliphatic rings. The number of rotatable bonds is 9. The molecule has 1 amide bonds. The normalized spacial score (nSPS) is 11.0. The predicted octanol–water partition coefficient (Wildman–Crippen LogP) is 1.74. The summed E-state index contributed by atoms with van der Waals surface area (Å²) in [4.78, 5) is 12.8. The van der Waals surface area contributed by atoms with Gasteiger partial charge in [-0.1, -0.05) is 48.5 Å². The highest BCUT2D eigenvalue weighted by Gasteiger charge is 2.27. The molecule has 27 heavy (non-hydrogen) atoms. The molecule has 0 radical (unpaired) electrons. The molecule has 2 aromatic rings. The number of quaternary nitrogens is 1. The molecule has 3 nitrogen and oxygen atoms in total. The van der Waals surface area contributed by atoms with Crippen LogP contribution in [0, 0.1) is 13.8 Å². The molecule has 4 heteroatoms. The van der Waals surface area contributed by atoms with Gasteiger partial charge in [-0.15, -0.1) is 0 Å². The van der Waals surface area contributed by atoms with Gasteiger partial charge in [-0.25, -0.2) is 0 Å². The van der Waals surface area contributed by atoms with Crippen molar-refractivity contribution >= 4 is 11.6 Å². The van der Waals surface area contributed by atoms with Gasteiger partial charge in [0.05, 0.1) is 19.6 Å². The van der Waals surface area contributed by atoms with Gasteiger partial charge in [0, 0.05) is 12.1 Å². The number of para-hydroxylation sites is 1. The monoisotopic (exact) mass is 432 g/mol. The van der Waals surface area contributed by atoms with Crippen LogP contribution in [-0.2, 0) is 11.2 Å². The molecule has 0 fully saturated rings. The van der Waals surface area contributed by atoms with Crippen LogP contribution in [0.4, 0.5) is 5.69 Å². The van der Waals surface area contributed by atoms with E-state index < -0.39 is 0 Å². The van der Waals surface area contributed by atoms with E-state index in [0.717, 1.165) is 53.8 Å². The zero-order chi connectivity index (χ0) is 19.0. The molecule has 0 saturated carbocycles. The lowest BCUT2D eigenvalue weighted by Gasteiger charge is -2.36. The van der Waals surface area contributed by atoms with Crippen LogP contribution in [0.3, 0.4) is 0 Å². The van der Waals surface area contributed by atoms with Crippen molar-refractivity contribution in [2.24, 2.45) is 0 Å². The Bertz CT molecular complexity index is 691. The lowest BCUT2D eigenvalue weighted by Crippen LogP contribution is -3.00. The molecule has 0 heterocycles. The second-order valence-corrected chi connectivity index (χ2v) is 7.26. The molecule has 1 N–H and O–H groups in total. The SMILES string of the molecule is CC[N+](CC)(CCCc1ccccc1)CC(=O)Nc1c(C)cccc1C.[Br-]. The summed E-state index contributed by atoms with van der Waals surface area (Å²) >= 11 is 0. The first-order chi connectivity index (χ1) is 12.5. The Hall–Kier alpha value is -1.65. The number of halogens is 1. The van der Waals surface area contributed by atoms with Crippen LogP contribution in [0.1, 0.15) is 37.0 Å². The summed E-state index contributed by atoms with van der Waals surface area (Å²) in [6, 6.07) is 16.7. The summed E-state index contributed by atoms with van der Waals surface area (Å²) in [5, 5.41) is 3.16. The van der Waals surface area contributed by atoms with E-state index in [1.807, 2.05) is 32.0 Å². The quantitative estimate of drug-likeness (QED) is 0.600. The minimum Gasteiger partial charge on any atom is -1.00 e. The highest BCUT2D eigenvalue weighted by molar-refractivity contribution is 5.93. The summed E-state index contributed by atoms with van der Waals surface area (Å²) < 4.78 is 0.837. The highest BCUT2D eigenvalue weighted by atomic mass is 79.9. The average Bonchev–Trinajstić information content (AvgIpc) is 2.65. The Balaban J connectivity index is 0.00000364. The molecule has 0 unspecified atom stereocenters. The lowest BCUT2D eigenvalue weighted by molar-refractivity contribution is -0.917. The van der Waals surface area contributed by atoms with Crippen LogP contribution in [0.5, 0.6) is 0 Å². The number of aryl methyl sites for hydroxylation is 3. The molecule has 0 atom stereocenters. The largest absolute Gasteiger partial charge is 1.00 e. The van der Waals surface area contributed by atoms with Crippen molar-refractivity contribution in [1.29, 1.82) is 0 Å². The van der Waals surface area contributed by atoms with Crippen LogP contribution in [0.25, 0.3) is 0 Å². The van der Waals surface area contributed by atoms with Crippen molar-refractivity contribution in [2.75, 3.05) is 31.5 Å². The maximum absolute atomic E-state index is 12.8. The molecule has 0 saturated heterocycles. The van der Waals surface area contributed by atoms with E-state index in [1.54, 1.807) is 0 Å². The van der Waals surface area contributed by atoms with Crippen molar-refractivity contribution in [1.82, 2.24) is 0 Å². The minimum atomic E-state index is 0. The van der Waals surface area contributed by atoms with Gasteiger partial charge >= 0.3 is 0 Å². The standard InChI is InChI=1S/C23H32N2O.BrH/c1-5-25(6-2,17-11-16-21-14-8-7-9-15-21)18-22(26)24-23-19(3)12-10-13-20(23)4;/h7-10,12-15H,5-6,11,16-18H2,1-4H3;1H. The second kappa shape index (κ2) is 11.3. The van der Waals surface area contributed by atoms with Gasteiger partial charge < -0.3 is 26.8 Å². The number of carbonyl (C=O) groups excluding carboxylic acids is 1. The number of carbonyl (C=O) groups is 1. The second-order valence-electron chi connectivity index (χ2n) is 7.26. The summed E-state index contributed by atoms with van der Waals surface area (Å²) in [6.07, 6.45) is 2.17. The van der Waals surface area contributed by atoms with E-state index in [9.17, 15) is 4.79 Å². The number of likely N-dealkylation sites (N-methyl/N-ethyl adjacent to an activating group) is 1. The smallest absolute Gasteiger partial charge is 0.279 e. The molecule has 0 bridgehead atoms. The van der Waals surface area contributed by atoms with E-state index in [1.165, 1.54) is 5.56 Å². The van der Waals surface area contributed by atoms with Gasteiger partial charge in [0.1, 0.15) is 0 Å². The number of nitrogens with one attached hydrogen (secondary N) is 1. The zero-order valence-corrected chi connectivity index (χ0v) is 18.7. The molecule has 2 rings (SSSR count). The van der Waals surface area contributed by atoms with Crippen molar-refractivity contribution in [3.63, 3.8) is 0 Å². The predicted molar refractivity (Wildman–Crippen MR) is 110 cm³/mol. The Labute approximate surface area is 175 Å². The van der Waals surface area contributed by atoms with Crippen LogP contribution >= 0.6 is 0 Å². The molecule has 0 aliphatic carbocycles. The van der Waals surface area contributed by atoms with Crippen molar-refractivity contribution in [3.8, 4) is 0 Å². The third-order valence-corrected chi connectivity index (χ3v) is 5.51. The summed E-state index contributed by atoms with van der Waals surface area (Å²) in [5.74, 6) is 0.116. The molecule has 0 spiro atoms. The third kappa shape index (κ3) is 6.78. The van der Waals surface area contributed by atoms with Gasteiger partial charge in [0.2, 0.25) is 0 Å². The van der Waals surface area contributed by atoms with E-state index >= 15 is 0 Å². The Morgan fingerprint density at radius 1 is 0.926 bits per heavy atom. The minimum absolute atomic E-state index is 0. The van der Waals surface area contributed by atoms with Crippen LogP contribution in [0.2, 0.25) is 0 Å². The molecular weight excluding hydrogens is 400 g/mol. The number of anilines is 1. The van der Waals surface area contributed by atoms with Crippen molar-refractivity contribution in [2.45, 2.75) is 40.5 Å². The fourth-order valence-electron chi connectivity index (χ4n) is 3.60. The Morgan fingerprint density at radius 2 is 1.52 bits per heavy atom. The van der Waals surface area contributed by atoms with E-state index in [4.69, 9.17) is 0 Å². The maximum Gasteiger partial charge on any atom is 0.279 e. The molecule has 0 aromatic heterocycles. The molecule has 148 valence electrons. The first kappa shape index (κ1) is 23.4. The Kier molecular flexibility index (Phi) is 9.75. The molecular formula is C23H33BrN2O. The summed E-state index contributed by atoms with van der Waals surface area (Å²) in [7, 11) is 0. The van der Waals surface area contributed by atoms with E-state index in [0.29, 0.717) is 6.54 Å². The van der Waals surface area contributed by atoms with Gasteiger partial charge in [-0.2, -0.15) is 0 Å². The highest BCUT2D eigenvalue weighted by Crippen LogP contribution is 2.20. The van der Waals surface area contributed by atoms with Gasteiger partial charge in [-0.3, -0.25) is 4.79 Å². The number of hydrogen-bond donors (Lipinski definition) is 1. The van der Waals surface area contributed by atoms with Crippen molar-refractivity contribution in [3.05, 3.63) is 65.2 Å². The topological polar surface area (TPSA) is 29.1 Å². The number of hydrogen-bond acceptors (Lipinski definition) is 1. The fraction of sp³-hybridized carbons (Fsp3) is 0.435. The third-order valence-electron chi connectivity index (χ3n) is 5.51. The maximum atomic E-state index is 12.8. The van der Waals surface area contributed by atoms with Crippen molar-refractivity contribution < 1.29 is 26.3 Å². The van der Waals surface area contributed by atoms with Gasteiger partial charge in [0.15, 0.2) is 6.54 Å². The number of amides is 1. The van der Waals surface area contributed by atoms with Crippen LogP contribution in [-0.4, -0.2) is 36.6 Å². The fourth-order valence-corrected chi connectivity index (χ4v) is 3.60. The zero-order valence-electron chi connectivity index (χ0n) is 17.1. The van der Waals surface area contributed by atoms with E-state index in [-0.39, 0.29) is 22.9 Å².